The number of carbonyl (C=O) groups is 1. The minimum atomic E-state index is -1.12. The number of aryl methyl sites for hydroxylation is 1. The molecule has 0 spiro atoms. The number of aliphatic hydroxyl groups is 1. The van der Waals surface area contributed by atoms with Gasteiger partial charge in [-0.25, -0.2) is 4.68 Å². The van der Waals surface area contributed by atoms with Gasteiger partial charge in [-0.3, -0.25) is 4.79 Å². The van der Waals surface area contributed by atoms with E-state index < -0.39 is 5.60 Å². The zero-order valence-corrected chi connectivity index (χ0v) is 13.1. The standard InChI is InChI=1S/C15H14ClN5O2/c1-20-11(6-17-19-20)15(23)7-21(8-15)14(22)13-12(16)9-4-2-3-5-10(9)18-13/h2-6,18,23H,7-8H2,1H3. The van der Waals surface area contributed by atoms with Gasteiger partial charge >= 0.3 is 0 Å². The Morgan fingerprint density at radius 2 is 2.13 bits per heavy atom. The third-order valence-electron chi connectivity index (χ3n) is 4.24. The predicted molar refractivity (Wildman–Crippen MR) is 84.1 cm³/mol. The number of hydrogen-bond acceptors (Lipinski definition) is 4. The number of hydrogen-bond donors (Lipinski definition) is 2. The second-order valence-corrected chi connectivity index (χ2v) is 6.17. The van der Waals surface area contributed by atoms with Crippen molar-refractivity contribution in [2.75, 3.05) is 13.1 Å². The smallest absolute Gasteiger partial charge is 0.272 e. The van der Waals surface area contributed by atoms with E-state index in [1.54, 1.807) is 11.9 Å². The van der Waals surface area contributed by atoms with Gasteiger partial charge in [-0.05, 0) is 6.07 Å². The van der Waals surface area contributed by atoms with Crippen LogP contribution in [0.3, 0.4) is 0 Å². The molecular weight excluding hydrogens is 318 g/mol. The summed E-state index contributed by atoms with van der Waals surface area (Å²) in [5.41, 5.74) is 0.627. The van der Waals surface area contributed by atoms with E-state index >= 15 is 0 Å². The van der Waals surface area contributed by atoms with Crippen molar-refractivity contribution in [3.8, 4) is 0 Å². The number of likely N-dealkylation sites (tertiary alicyclic amines) is 1. The molecule has 118 valence electrons. The fourth-order valence-electron chi connectivity index (χ4n) is 3.02. The van der Waals surface area contributed by atoms with Crippen molar-refractivity contribution >= 4 is 28.4 Å². The molecule has 0 bridgehead atoms. The Morgan fingerprint density at radius 1 is 1.39 bits per heavy atom. The summed E-state index contributed by atoms with van der Waals surface area (Å²) >= 11 is 6.31. The lowest BCUT2D eigenvalue weighted by molar-refractivity contribution is -0.0915. The molecule has 8 heteroatoms. The number of β-amino-alcohol motifs (C(OH)–C–C–N with tert-alkyl or cyclic N) is 1. The Bertz CT molecular complexity index is 910. The van der Waals surface area contributed by atoms with Crippen LogP contribution in [0.15, 0.2) is 30.5 Å². The molecule has 1 aromatic carbocycles. The molecule has 3 aromatic rings. The van der Waals surface area contributed by atoms with Crippen LogP contribution in [0.4, 0.5) is 0 Å². The highest BCUT2D eigenvalue weighted by Crippen LogP contribution is 2.34. The molecule has 1 aliphatic rings. The monoisotopic (exact) mass is 331 g/mol. The van der Waals surface area contributed by atoms with Crippen LogP contribution in [0.25, 0.3) is 10.9 Å². The SMILES string of the molecule is Cn1nncc1C1(O)CN(C(=O)c2[nH]c3ccccc3c2Cl)C1. The van der Waals surface area contributed by atoms with Crippen molar-refractivity contribution in [3.05, 3.63) is 46.9 Å². The maximum Gasteiger partial charge on any atom is 0.272 e. The Labute approximate surface area is 136 Å². The molecule has 0 atom stereocenters. The average molecular weight is 332 g/mol. The van der Waals surface area contributed by atoms with Crippen molar-refractivity contribution in [3.63, 3.8) is 0 Å². The van der Waals surface area contributed by atoms with Crippen LogP contribution >= 0.6 is 11.6 Å². The molecule has 1 aliphatic heterocycles. The van der Waals surface area contributed by atoms with E-state index in [9.17, 15) is 9.90 Å². The van der Waals surface area contributed by atoms with Crippen LogP contribution in [0.1, 0.15) is 16.2 Å². The van der Waals surface area contributed by atoms with Gasteiger partial charge in [0.25, 0.3) is 5.91 Å². The van der Waals surface area contributed by atoms with Gasteiger partial charge in [-0.1, -0.05) is 35.0 Å². The lowest BCUT2D eigenvalue weighted by atomic mass is 9.90. The number of halogens is 1. The second-order valence-electron chi connectivity index (χ2n) is 5.80. The number of nitrogens with zero attached hydrogens (tertiary/aromatic N) is 4. The zero-order chi connectivity index (χ0) is 16.2. The summed E-state index contributed by atoms with van der Waals surface area (Å²) in [7, 11) is 1.71. The van der Waals surface area contributed by atoms with E-state index in [2.05, 4.69) is 15.3 Å². The van der Waals surface area contributed by atoms with Gasteiger partial charge in [0.15, 0.2) is 0 Å². The molecule has 0 radical (unpaired) electrons. The summed E-state index contributed by atoms with van der Waals surface area (Å²) in [4.78, 5) is 17.2. The van der Waals surface area contributed by atoms with Crippen molar-refractivity contribution in [2.45, 2.75) is 5.60 Å². The summed E-state index contributed by atoms with van der Waals surface area (Å²) in [6, 6.07) is 7.47. The van der Waals surface area contributed by atoms with Crippen molar-refractivity contribution in [1.82, 2.24) is 24.9 Å². The molecule has 1 saturated heterocycles. The number of amides is 1. The van der Waals surface area contributed by atoms with Gasteiger partial charge in [-0.2, -0.15) is 0 Å². The molecule has 0 aliphatic carbocycles. The average Bonchev–Trinajstić information content (AvgIpc) is 3.08. The highest BCUT2D eigenvalue weighted by molar-refractivity contribution is 6.38. The van der Waals surface area contributed by atoms with Crippen LogP contribution in [0, 0.1) is 0 Å². The normalized spacial score (nSPS) is 16.6. The topological polar surface area (TPSA) is 87.0 Å². The molecule has 7 nitrogen and oxygen atoms in total. The first kappa shape index (κ1) is 14.2. The van der Waals surface area contributed by atoms with Crippen LogP contribution in [-0.4, -0.2) is 49.0 Å². The summed E-state index contributed by atoms with van der Waals surface area (Å²) < 4.78 is 1.51. The van der Waals surface area contributed by atoms with Crippen molar-refractivity contribution in [2.24, 2.45) is 7.05 Å². The fourth-order valence-corrected chi connectivity index (χ4v) is 3.31. The van der Waals surface area contributed by atoms with Gasteiger partial charge in [0.1, 0.15) is 11.3 Å². The zero-order valence-electron chi connectivity index (χ0n) is 12.3. The quantitative estimate of drug-likeness (QED) is 0.741. The number of para-hydroxylation sites is 1. The Morgan fingerprint density at radius 3 is 2.78 bits per heavy atom. The number of carbonyl (C=O) groups excluding carboxylic acids is 1. The van der Waals surface area contributed by atoms with E-state index in [0.29, 0.717) is 16.4 Å². The van der Waals surface area contributed by atoms with Gasteiger partial charge in [0, 0.05) is 18.0 Å². The molecule has 4 rings (SSSR count). The molecule has 1 amide bonds. The first-order valence-electron chi connectivity index (χ1n) is 7.12. The number of rotatable bonds is 2. The molecular formula is C15H14ClN5O2. The largest absolute Gasteiger partial charge is 0.380 e. The van der Waals surface area contributed by atoms with Gasteiger partial charge in [0.05, 0.1) is 30.0 Å². The first-order chi connectivity index (χ1) is 11.0. The van der Waals surface area contributed by atoms with Crippen LogP contribution < -0.4 is 0 Å². The number of fused-ring (bicyclic) bond motifs is 1. The van der Waals surface area contributed by atoms with E-state index in [4.69, 9.17) is 11.6 Å². The lowest BCUT2D eigenvalue weighted by Crippen LogP contribution is -2.61. The third-order valence-corrected chi connectivity index (χ3v) is 4.63. The summed E-state index contributed by atoms with van der Waals surface area (Å²) in [6.07, 6.45) is 1.51. The van der Waals surface area contributed by atoms with E-state index in [1.165, 1.54) is 10.9 Å². The number of nitrogens with one attached hydrogen (secondary N) is 1. The number of benzene rings is 1. The summed E-state index contributed by atoms with van der Waals surface area (Å²) in [5, 5.41) is 19.4. The van der Waals surface area contributed by atoms with Crippen molar-refractivity contribution in [1.29, 1.82) is 0 Å². The van der Waals surface area contributed by atoms with Gasteiger partial charge in [0.2, 0.25) is 0 Å². The molecule has 3 heterocycles. The number of aromatic amines is 1. The number of H-pyrrole nitrogens is 1. The second kappa shape index (κ2) is 4.81. The lowest BCUT2D eigenvalue weighted by Gasteiger charge is -2.45. The van der Waals surface area contributed by atoms with Crippen LogP contribution in [0.2, 0.25) is 5.02 Å². The Balaban J connectivity index is 1.59. The molecule has 0 saturated carbocycles. The maximum absolute atomic E-state index is 12.6. The molecule has 2 aromatic heterocycles. The summed E-state index contributed by atoms with van der Waals surface area (Å²) in [6.45, 7) is 0.359. The predicted octanol–water partition coefficient (Wildman–Crippen LogP) is 1.29. The molecule has 2 N–H and O–H groups in total. The first-order valence-corrected chi connectivity index (χ1v) is 7.50. The Kier molecular flexibility index (Phi) is 2.97. The van der Waals surface area contributed by atoms with Gasteiger partial charge < -0.3 is 15.0 Å². The highest BCUT2D eigenvalue weighted by Gasteiger charge is 2.47. The van der Waals surface area contributed by atoms with Crippen LogP contribution in [0.5, 0.6) is 0 Å². The minimum Gasteiger partial charge on any atom is -0.380 e. The van der Waals surface area contributed by atoms with Gasteiger partial charge in [-0.15, -0.1) is 5.10 Å². The third kappa shape index (κ3) is 2.04. The minimum absolute atomic E-state index is 0.179. The van der Waals surface area contributed by atoms with Crippen LogP contribution in [-0.2, 0) is 12.6 Å². The van der Waals surface area contributed by atoms with Crippen molar-refractivity contribution < 1.29 is 9.90 Å². The highest BCUT2D eigenvalue weighted by atomic mass is 35.5. The molecule has 1 fully saturated rings. The Hall–Kier alpha value is -2.38. The fraction of sp³-hybridized carbons (Fsp3) is 0.267. The van der Waals surface area contributed by atoms with E-state index in [-0.39, 0.29) is 19.0 Å². The molecule has 23 heavy (non-hydrogen) atoms. The van der Waals surface area contributed by atoms with E-state index in [0.717, 1.165) is 10.9 Å². The molecule has 0 unspecified atom stereocenters. The summed E-state index contributed by atoms with van der Waals surface area (Å²) in [5.74, 6) is -0.231. The maximum atomic E-state index is 12.6. The van der Waals surface area contributed by atoms with E-state index in [1.807, 2.05) is 24.3 Å². The number of aromatic nitrogens is 4.